The van der Waals surface area contributed by atoms with Crippen molar-refractivity contribution in [3.8, 4) is 0 Å². The van der Waals surface area contributed by atoms with Gasteiger partial charge in [-0.1, -0.05) is 25.8 Å². The first-order valence-electron chi connectivity index (χ1n) is 4.46. The van der Waals surface area contributed by atoms with Crippen molar-refractivity contribution in [2.24, 2.45) is 0 Å². The molecule has 0 atom stereocenters. The minimum Gasteiger partial charge on any atom is -0.380 e. The van der Waals surface area contributed by atoms with Gasteiger partial charge in [-0.05, 0) is 19.8 Å². The molecule has 62 valence electrons. The molecule has 1 aliphatic rings. The molecule has 1 saturated carbocycles. The van der Waals surface area contributed by atoms with Crippen LogP contribution in [-0.2, 0) is 0 Å². The minimum absolute atomic E-state index is 0.693. The summed E-state index contributed by atoms with van der Waals surface area (Å²) in [6.07, 6.45) is 6.80. The molecule has 0 radical (unpaired) electrons. The molecular weight excluding hydrogens is 134 g/mol. The molecule has 0 unspecified atom stereocenters. The molecular formula is C10H17N. The Morgan fingerprint density at radius 2 is 2.00 bits per heavy atom. The predicted molar refractivity (Wildman–Crippen MR) is 48.3 cm³/mol. The third-order valence-corrected chi connectivity index (χ3v) is 2.29. The first-order chi connectivity index (χ1) is 5.33. The maximum atomic E-state index is 3.60. The third-order valence-electron chi connectivity index (χ3n) is 2.29. The van der Waals surface area contributed by atoms with E-state index >= 15 is 0 Å². The van der Waals surface area contributed by atoms with Gasteiger partial charge in [0.25, 0.3) is 0 Å². The molecule has 0 heterocycles. The summed E-state index contributed by atoms with van der Waals surface area (Å²) < 4.78 is 0. The molecule has 0 aromatic rings. The molecule has 0 spiro atoms. The molecule has 0 saturated heterocycles. The highest BCUT2D eigenvalue weighted by Crippen LogP contribution is 2.17. The fraction of sp³-hybridized carbons (Fsp3) is 0.700. The van der Waals surface area contributed by atoms with Crippen LogP contribution in [0.15, 0.2) is 18.0 Å². The number of rotatable bonds is 2. The molecule has 1 nitrogen and oxygen atoms in total. The van der Waals surface area contributed by atoms with Gasteiger partial charge in [0.2, 0.25) is 0 Å². The third kappa shape index (κ3) is 2.81. The summed E-state index contributed by atoms with van der Waals surface area (Å²) in [5.74, 6) is 0. The molecule has 1 aliphatic carbocycles. The van der Waals surface area contributed by atoms with Crippen LogP contribution in [-0.4, -0.2) is 6.04 Å². The van der Waals surface area contributed by atoms with E-state index < -0.39 is 0 Å². The highest BCUT2D eigenvalue weighted by atomic mass is 14.9. The molecule has 1 fully saturated rings. The summed E-state index contributed by atoms with van der Waals surface area (Å²) in [6.45, 7) is 5.63. The summed E-state index contributed by atoms with van der Waals surface area (Å²) in [5.41, 5.74) is 3.96. The Hall–Kier alpha value is -0.680. The Kier molecular flexibility index (Phi) is 3.25. The van der Waals surface area contributed by atoms with Crippen LogP contribution in [0.3, 0.4) is 0 Å². The first kappa shape index (κ1) is 8.42. The first-order valence-corrected chi connectivity index (χ1v) is 4.46. The van der Waals surface area contributed by atoms with Crippen LogP contribution in [0.5, 0.6) is 0 Å². The molecule has 1 N–H and O–H groups in total. The summed E-state index contributed by atoms with van der Waals surface area (Å²) in [6, 6.07) is 0.693. The Balaban J connectivity index is 2.30. The average molecular weight is 151 g/mol. The Bertz CT molecular complexity index is 160. The van der Waals surface area contributed by atoms with Crippen LogP contribution in [0.25, 0.3) is 0 Å². The standard InChI is InChI=1S/C10H17N/c1-3-9(2)11-10-7-5-4-6-8-10/h10-11H,1,4-8H2,2H3. The maximum absolute atomic E-state index is 3.60. The lowest BCUT2D eigenvalue weighted by Crippen LogP contribution is -2.29. The highest BCUT2D eigenvalue weighted by Gasteiger charge is 2.11. The van der Waals surface area contributed by atoms with E-state index in [0.29, 0.717) is 6.04 Å². The van der Waals surface area contributed by atoms with E-state index in [2.05, 4.69) is 17.6 Å². The molecule has 11 heavy (non-hydrogen) atoms. The molecule has 1 rings (SSSR count). The van der Waals surface area contributed by atoms with E-state index in [9.17, 15) is 0 Å². The van der Waals surface area contributed by atoms with Crippen molar-refractivity contribution in [1.29, 1.82) is 0 Å². The maximum Gasteiger partial charge on any atom is 0.0502 e. The van der Waals surface area contributed by atoms with Crippen molar-refractivity contribution >= 4 is 0 Å². The van der Waals surface area contributed by atoms with Crippen molar-refractivity contribution in [1.82, 2.24) is 5.32 Å². The van der Waals surface area contributed by atoms with E-state index in [-0.39, 0.29) is 0 Å². The van der Waals surface area contributed by atoms with Crippen molar-refractivity contribution in [3.05, 3.63) is 18.0 Å². The van der Waals surface area contributed by atoms with Gasteiger partial charge >= 0.3 is 0 Å². The summed E-state index contributed by atoms with van der Waals surface area (Å²) in [5, 5.41) is 3.41. The lowest BCUT2D eigenvalue weighted by atomic mass is 9.95. The quantitative estimate of drug-likeness (QED) is 0.598. The van der Waals surface area contributed by atoms with Crippen molar-refractivity contribution in [2.45, 2.75) is 45.1 Å². The largest absolute Gasteiger partial charge is 0.380 e. The molecule has 1 heteroatoms. The topological polar surface area (TPSA) is 12.0 Å². The van der Waals surface area contributed by atoms with Gasteiger partial charge in [-0.25, -0.2) is 0 Å². The number of allylic oxidation sites excluding steroid dienone is 1. The van der Waals surface area contributed by atoms with Gasteiger partial charge < -0.3 is 5.32 Å². The van der Waals surface area contributed by atoms with E-state index in [0.717, 1.165) is 5.70 Å². The van der Waals surface area contributed by atoms with Crippen LogP contribution >= 0.6 is 0 Å². The SMILES string of the molecule is C=C=C(C)NC1CCCCC1. The Labute approximate surface area is 69.2 Å². The average Bonchev–Trinajstić information content (AvgIpc) is 2.06. The van der Waals surface area contributed by atoms with Crippen molar-refractivity contribution in [3.63, 3.8) is 0 Å². The number of hydrogen-bond donors (Lipinski definition) is 1. The fourth-order valence-electron chi connectivity index (χ4n) is 1.60. The van der Waals surface area contributed by atoms with Gasteiger partial charge in [0.1, 0.15) is 0 Å². The van der Waals surface area contributed by atoms with Gasteiger partial charge in [0.05, 0.1) is 5.70 Å². The van der Waals surface area contributed by atoms with Gasteiger partial charge in [0, 0.05) is 6.04 Å². The fourth-order valence-corrected chi connectivity index (χ4v) is 1.60. The molecule has 0 aromatic heterocycles. The predicted octanol–water partition coefficient (Wildman–Crippen LogP) is 2.60. The number of nitrogens with one attached hydrogen (secondary N) is 1. The van der Waals surface area contributed by atoms with E-state index in [1.54, 1.807) is 0 Å². The highest BCUT2D eigenvalue weighted by molar-refractivity contribution is 4.94. The van der Waals surface area contributed by atoms with Crippen LogP contribution in [0.1, 0.15) is 39.0 Å². The second-order valence-corrected chi connectivity index (χ2v) is 3.28. The van der Waals surface area contributed by atoms with Crippen LogP contribution in [0.2, 0.25) is 0 Å². The molecule has 0 bridgehead atoms. The van der Waals surface area contributed by atoms with Gasteiger partial charge in [-0.3, -0.25) is 0 Å². The zero-order chi connectivity index (χ0) is 8.10. The van der Waals surface area contributed by atoms with Crippen LogP contribution in [0, 0.1) is 0 Å². The number of hydrogen-bond acceptors (Lipinski definition) is 1. The van der Waals surface area contributed by atoms with Gasteiger partial charge in [-0.2, -0.15) is 0 Å². The Morgan fingerprint density at radius 3 is 2.55 bits per heavy atom. The second kappa shape index (κ2) is 4.25. The minimum atomic E-state index is 0.693. The monoisotopic (exact) mass is 151 g/mol. The van der Waals surface area contributed by atoms with Gasteiger partial charge in [0.15, 0.2) is 0 Å². The van der Waals surface area contributed by atoms with Crippen molar-refractivity contribution < 1.29 is 0 Å². The lowest BCUT2D eigenvalue weighted by Gasteiger charge is -2.23. The second-order valence-electron chi connectivity index (χ2n) is 3.28. The van der Waals surface area contributed by atoms with E-state index in [1.807, 2.05) is 6.92 Å². The normalized spacial score (nSPS) is 19.0. The molecule has 0 aliphatic heterocycles. The molecule has 0 aromatic carbocycles. The lowest BCUT2D eigenvalue weighted by molar-refractivity contribution is 0.397. The Morgan fingerprint density at radius 1 is 1.36 bits per heavy atom. The summed E-state index contributed by atoms with van der Waals surface area (Å²) >= 11 is 0. The smallest absolute Gasteiger partial charge is 0.0502 e. The van der Waals surface area contributed by atoms with Crippen LogP contribution in [0.4, 0.5) is 0 Å². The van der Waals surface area contributed by atoms with Gasteiger partial charge in [-0.15, -0.1) is 5.73 Å². The molecule has 0 amide bonds. The van der Waals surface area contributed by atoms with Crippen molar-refractivity contribution in [2.75, 3.05) is 0 Å². The van der Waals surface area contributed by atoms with Crippen LogP contribution < -0.4 is 5.32 Å². The summed E-state index contributed by atoms with van der Waals surface area (Å²) in [4.78, 5) is 0. The van der Waals surface area contributed by atoms with E-state index in [1.165, 1.54) is 32.1 Å². The zero-order valence-electron chi connectivity index (χ0n) is 7.32. The van der Waals surface area contributed by atoms with E-state index in [4.69, 9.17) is 0 Å². The zero-order valence-corrected chi connectivity index (χ0v) is 7.32. The summed E-state index contributed by atoms with van der Waals surface area (Å²) in [7, 11) is 0.